The van der Waals surface area contributed by atoms with E-state index >= 15 is 0 Å². The summed E-state index contributed by atoms with van der Waals surface area (Å²) < 4.78 is 16.1. The van der Waals surface area contributed by atoms with Crippen LogP contribution in [0.4, 0.5) is 5.69 Å². The van der Waals surface area contributed by atoms with Gasteiger partial charge in [0.25, 0.3) is 0 Å². The van der Waals surface area contributed by atoms with Crippen molar-refractivity contribution < 1.29 is 19.3 Å². The minimum absolute atomic E-state index is 0.206. The molecule has 1 aliphatic heterocycles. The fourth-order valence-electron chi connectivity index (χ4n) is 2.18. The van der Waals surface area contributed by atoms with Gasteiger partial charge in [-0.1, -0.05) is 18.2 Å². The molecule has 1 aliphatic rings. The molecule has 0 fully saturated rings. The van der Waals surface area contributed by atoms with Crippen LogP contribution in [0, 0.1) is 0 Å². The highest BCUT2D eigenvalue weighted by Gasteiger charge is 2.13. The number of anilines is 1. The molecule has 0 saturated carbocycles. The number of aliphatic hydroxyl groups is 1. The Morgan fingerprint density at radius 2 is 2.00 bits per heavy atom. The molecule has 3 N–H and O–H groups in total. The highest BCUT2D eigenvalue weighted by molar-refractivity contribution is 5.44. The van der Waals surface area contributed by atoms with Crippen molar-refractivity contribution in [1.82, 2.24) is 0 Å². The molecule has 5 heteroatoms. The Balaban J connectivity index is 1.54. The van der Waals surface area contributed by atoms with Gasteiger partial charge in [-0.25, -0.2) is 0 Å². The van der Waals surface area contributed by atoms with Crippen molar-refractivity contribution in [2.45, 2.75) is 12.7 Å². The van der Waals surface area contributed by atoms with Gasteiger partial charge in [0.05, 0.1) is 13.2 Å². The first-order chi connectivity index (χ1) is 10.2. The van der Waals surface area contributed by atoms with E-state index in [1.807, 2.05) is 30.3 Å². The molecule has 2 aromatic carbocycles. The van der Waals surface area contributed by atoms with Crippen molar-refractivity contribution >= 4 is 5.69 Å². The minimum atomic E-state index is -0.692. The number of benzene rings is 2. The van der Waals surface area contributed by atoms with Crippen molar-refractivity contribution in [3.05, 3.63) is 53.6 Å². The number of nitrogens with two attached hydrogens (primary N) is 1. The van der Waals surface area contributed by atoms with E-state index in [0.29, 0.717) is 12.3 Å². The zero-order valence-corrected chi connectivity index (χ0v) is 11.5. The second kappa shape index (κ2) is 6.03. The van der Waals surface area contributed by atoms with Gasteiger partial charge in [0.2, 0.25) is 6.79 Å². The van der Waals surface area contributed by atoms with E-state index < -0.39 is 6.10 Å². The molecule has 0 radical (unpaired) electrons. The highest BCUT2D eigenvalue weighted by atomic mass is 16.7. The number of rotatable bonds is 5. The van der Waals surface area contributed by atoms with Crippen molar-refractivity contribution in [1.29, 1.82) is 0 Å². The first-order valence-corrected chi connectivity index (χ1v) is 6.72. The number of ether oxygens (including phenoxy) is 3. The Labute approximate surface area is 122 Å². The maximum atomic E-state index is 10.1. The van der Waals surface area contributed by atoms with E-state index in [0.717, 1.165) is 22.6 Å². The summed E-state index contributed by atoms with van der Waals surface area (Å²) in [7, 11) is 0. The van der Waals surface area contributed by atoms with E-state index in [1.54, 1.807) is 12.1 Å². The monoisotopic (exact) mass is 287 g/mol. The summed E-state index contributed by atoms with van der Waals surface area (Å²) in [6.45, 7) is 0.863. The van der Waals surface area contributed by atoms with Gasteiger partial charge in [0.15, 0.2) is 11.5 Å². The third-order valence-corrected chi connectivity index (χ3v) is 3.28. The predicted molar refractivity (Wildman–Crippen MR) is 78.0 cm³/mol. The first-order valence-electron chi connectivity index (χ1n) is 6.72. The van der Waals surface area contributed by atoms with Crippen LogP contribution in [0.25, 0.3) is 0 Å². The summed E-state index contributed by atoms with van der Waals surface area (Å²) in [5, 5.41) is 10.1. The average molecular weight is 287 g/mol. The molecule has 0 aromatic heterocycles. The molecule has 2 aromatic rings. The lowest BCUT2D eigenvalue weighted by molar-refractivity contribution is 0.0277. The molecule has 0 spiro atoms. The van der Waals surface area contributed by atoms with Gasteiger partial charge in [-0.05, 0) is 35.4 Å². The zero-order valence-electron chi connectivity index (χ0n) is 11.5. The van der Waals surface area contributed by atoms with Crippen LogP contribution in [0.5, 0.6) is 11.5 Å². The van der Waals surface area contributed by atoms with Crippen LogP contribution >= 0.6 is 0 Å². The SMILES string of the molecule is Nc1cccc(C(O)COCc2ccc3c(c2)OCO3)c1. The van der Waals surface area contributed by atoms with Crippen molar-refractivity contribution in [2.24, 2.45) is 0 Å². The van der Waals surface area contributed by atoms with E-state index in [9.17, 15) is 5.11 Å². The Morgan fingerprint density at radius 3 is 2.86 bits per heavy atom. The Bertz CT molecular complexity index is 629. The molecule has 1 unspecified atom stereocenters. The minimum Gasteiger partial charge on any atom is -0.454 e. The molecule has 0 bridgehead atoms. The molecular formula is C16H17NO4. The summed E-state index contributed by atoms with van der Waals surface area (Å²) in [6.07, 6.45) is -0.692. The number of hydrogen-bond acceptors (Lipinski definition) is 5. The standard InChI is InChI=1S/C16H17NO4/c17-13-3-1-2-12(7-13)14(18)9-19-8-11-4-5-15-16(6-11)21-10-20-15/h1-7,14,18H,8-10,17H2. The maximum absolute atomic E-state index is 10.1. The molecular weight excluding hydrogens is 270 g/mol. The van der Waals surface area contributed by atoms with Crippen LogP contribution in [-0.2, 0) is 11.3 Å². The lowest BCUT2D eigenvalue weighted by Crippen LogP contribution is -2.07. The summed E-state index contributed by atoms with van der Waals surface area (Å²) in [5.41, 5.74) is 8.04. The Hall–Kier alpha value is -2.24. The topological polar surface area (TPSA) is 73.9 Å². The van der Waals surface area contributed by atoms with E-state index in [1.165, 1.54) is 0 Å². The van der Waals surface area contributed by atoms with Crippen LogP contribution in [-0.4, -0.2) is 18.5 Å². The fraction of sp³-hybridized carbons (Fsp3) is 0.250. The van der Waals surface area contributed by atoms with E-state index in [4.69, 9.17) is 19.9 Å². The van der Waals surface area contributed by atoms with Crippen LogP contribution < -0.4 is 15.2 Å². The van der Waals surface area contributed by atoms with Gasteiger partial charge in [0.1, 0.15) is 6.10 Å². The van der Waals surface area contributed by atoms with Crippen molar-refractivity contribution in [3.63, 3.8) is 0 Å². The Morgan fingerprint density at radius 1 is 1.14 bits per heavy atom. The van der Waals surface area contributed by atoms with Crippen LogP contribution in [0.3, 0.4) is 0 Å². The second-order valence-electron chi connectivity index (χ2n) is 4.89. The van der Waals surface area contributed by atoms with Gasteiger partial charge in [-0.15, -0.1) is 0 Å². The largest absolute Gasteiger partial charge is 0.454 e. The lowest BCUT2D eigenvalue weighted by Gasteiger charge is -2.12. The molecule has 0 aliphatic carbocycles. The van der Waals surface area contributed by atoms with E-state index in [-0.39, 0.29) is 13.4 Å². The predicted octanol–water partition coefficient (Wildman–Crippen LogP) is 2.25. The van der Waals surface area contributed by atoms with Gasteiger partial charge < -0.3 is 25.1 Å². The molecule has 1 heterocycles. The third-order valence-electron chi connectivity index (χ3n) is 3.28. The molecule has 0 saturated heterocycles. The quantitative estimate of drug-likeness (QED) is 0.825. The summed E-state index contributed by atoms with van der Waals surface area (Å²) in [4.78, 5) is 0. The van der Waals surface area contributed by atoms with Gasteiger partial charge in [0, 0.05) is 5.69 Å². The average Bonchev–Trinajstić information content (AvgIpc) is 2.94. The third kappa shape index (κ3) is 3.26. The molecule has 1 atom stereocenters. The van der Waals surface area contributed by atoms with Crippen molar-refractivity contribution in [2.75, 3.05) is 19.1 Å². The zero-order chi connectivity index (χ0) is 14.7. The maximum Gasteiger partial charge on any atom is 0.231 e. The molecule has 5 nitrogen and oxygen atoms in total. The van der Waals surface area contributed by atoms with Crippen LogP contribution in [0.2, 0.25) is 0 Å². The smallest absolute Gasteiger partial charge is 0.231 e. The highest BCUT2D eigenvalue weighted by Crippen LogP contribution is 2.32. The molecule has 110 valence electrons. The molecule has 0 amide bonds. The first kappa shape index (κ1) is 13.7. The van der Waals surface area contributed by atoms with E-state index in [2.05, 4.69) is 0 Å². The summed E-state index contributed by atoms with van der Waals surface area (Å²) in [5.74, 6) is 1.48. The van der Waals surface area contributed by atoms with Gasteiger partial charge in [-0.3, -0.25) is 0 Å². The van der Waals surface area contributed by atoms with Gasteiger partial charge >= 0.3 is 0 Å². The Kier molecular flexibility index (Phi) is 3.94. The number of nitrogen functional groups attached to an aromatic ring is 1. The number of fused-ring (bicyclic) bond motifs is 1. The van der Waals surface area contributed by atoms with Crippen LogP contribution in [0.1, 0.15) is 17.2 Å². The number of aliphatic hydroxyl groups excluding tert-OH is 1. The van der Waals surface area contributed by atoms with Crippen molar-refractivity contribution in [3.8, 4) is 11.5 Å². The second-order valence-corrected chi connectivity index (χ2v) is 4.89. The number of hydrogen-bond donors (Lipinski definition) is 2. The fourth-order valence-corrected chi connectivity index (χ4v) is 2.18. The molecule has 21 heavy (non-hydrogen) atoms. The lowest BCUT2D eigenvalue weighted by atomic mass is 10.1. The summed E-state index contributed by atoms with van der Waals surface area (Å²) >= 11 is 0. The normalized spacial score (nSPS) is 14.1. The van der Waals surface area contributed by atoms with Crippen LogP contribution in [0.15, 0.2) is 42.5 Å². The summed E-state index contributed by atoms with van der Waals surface area (Å²) in [6, 6.07) is 12.8. The molecule has 3 rings (SSSR count). The van der Waals surface area contributed by atoms with Gasteiger partial charge in [-0.2, -0.15) is 0 Å².